The third-order valence-corrected chi connectivity index (χ3v) is 7.32. The van der Waals surface area contributed by atoms with Crippen LogP contribution in [0.2, 0.25) is 5.82 Å². The van der Waals surface area contributed by atoms with E-state index in [2.05, 4.69) is 42.8 Å². The normalized spacial score (nSPS) is 34.3. The van der Waals surface area contributed by atoms with E-state index in [1.807, 2.05) is 7.05 Å². The van der Waals surface area contributed by atoms with Gasteiger partial charge in [0.15, 0.2) is 0 Å². The van der Waals surface area contributed by atoms with E-state index < -0.39 is 24.7 Å². The Labute approximate surface area is 208 Å². The van der Waals surface area contributed by atoms with Crippen molar-refractivity contribution in [3.8, 4) is 0 Å². The van der Waals surface area contributed by atoms with Crippen molar-refractivity contribution in [1.29, 1.82) is 0 Å². The lowest BCUT2D eigenvalue weighted by Crippen LogP contribution is -2.60. The third-order valence-electron chi connectivity index (χ3n) is 6.91. The summed E-state index contributed by atoms with van der Waals surface area (Å²) in [6.07, 6.45) is 6.18. The van der Waals surface area contributed by atoms with Gasteiger partial charge in [0.2, 0.25) is 0 Å². The minimum Gasteiger partial charge on any atom is -0.600 e. The van der Waals surface area contributed by atoms with E-state index in [4.69, 9.17) is 9.31 Å². The van der Waals surface area contributed by atoms with E-state index in [9.17, 15) is 22.8 Å². The van der Waals surface area contributed by atoms with Crippen LogP contribution >= 0.6 is 15.9 Å². The standard InChI is InChI=1S/C9H14BNO4.C8H7F3N2.C4H3BrN2/c1-6-3-7(6)10-11(2,4-8(12)14-10)5-9(13)15-10;9-8(10,11)7-1-6(7)5-2-12-4-13-3-5;5-4-1-6-3-7-2-4/h6-7H,3-5H2,1-2H3;2-4,6-7H,1H2;1-3H/t6-,7-,10?,11?;6-,7+;/m11./s1. The SMILES string of the molecule is Brc1cncnc1.C[C@@H]1C[C@H]1[B-]12OC(=O)C[N+]1(C)CC(=O)O2.FC(F)(F)[C@H]1C[C@@H]1c1cncnc1. The molecule has 4 fully saturated rings. The fourth-order valence-corrected chi connectivity index (χ4v) is 5.15. The lowest BCUT2D eigenvalue weighted by Gasteiger charge is -2.40. The predicted octanol–water partition coefficient (Wildman–Crippen LogP) is 3.28. The number of carbonyl (C=O) groups excluding carboxylic acids is 2. The molecule has 2 aromatic heterocycles. The highest BCUT2D eigenvalue weighted by molar-refractivity contribution is 9.10. The second kappa shape index (κ2) is 9.45. The zero-order valence-corrected chi connectivity index (χ0v) is 20.6. The smallest absolute Gasteiger partial charge is 0.587 e. The van der Waals surface area contributed by atoms with Crippen LogP contribution in [0.15, 0.2) is 41.9 Å². The molecular formula is C21H24BBrF3N5O4. The average Bonchev–Trinajstić information content (AvgIpc) is 3.68. The van der Waals surface area contributed by atoms with E-state index in [0.717, 1.165) is 10.9 Å². The molecule has 0 N–H and O–H groups in total. The molecule has 188 valence electrons. The topological polar surface area (TPSA) is 104 Å². The number of hydrogen-bond donors (Lipinski definition) is 0. The Hall–Kier alpha value is -2.61. The molecule has 0 radical (unpaired) electrons. The average molecular weight is 558 g/mol. The van der Waals surface area contributed by atoms with Gasteiger partial charge in [-0.25, -0.2) is 19.9 Å². The third kappa shape index (κ3) is 5.47. The van der Waals surface area contributed by atoms with Gasteiger partial charge in [0.25, 0.3) is 0 Å². The molecule has 4 aliphatic rings. The van der Waals surface area contributed by atoms with Crippen molar-refractivity contribution in [3.63, 3.8) is 0 Å². The summed E-state index contributed by atoms with van der Waals surface area (Å²) in [5, 5.41) is 0. The molecule has 0 spiro atoms. The molecule has 2 aliphatic carbocycles. The number of fused-ring (bicyclic) bond motifs is 1. The van der Waals surface area contributed by atoms with Crippen molar-refractivity contribution >= 4 is 34.6 Å². The zero-order valence-electron chi connectivity index (χ0n) is 19.1. The Morgan fingerprint density at radius 2 is 1.46 bits per heavy atom. The number of alkyl halides is 3. The van der Waals surface area contributed by atoms with Crippen LogP contribution in [0.5, 0.6) is 0 Å². The Bertz CT molecular complexity index is 1060. The van der Waals surface area contributed by atoms with Crippen LogP contribution in [-0.2, 0) is 18.9 Å². The first-order valence-corrected chi connectivity index (χ1v) is 11.9. The van der Waals surface area contributed by atoms with Crippen molar-refractivity contribution in [1.82, 2.24) is 19.9 Å². The maximum atomic E-state index is 12.1. The van der Waals surface area contributed by atoms with Crippen LogP contribution in [0.4, 0.5) is 13.2 Å². The molecule has 14 heteroatoms. The van der Waals surface area contributed by atoms with Crippen LogP contribution in [-0.4, -0.2) is 69.3 Å². The monoisotopic (exact) mass is 557 g/mol. The number of quaternary nitrogens is 1. The zero-order chi connectivity index (χ0) is 25.4. The molecule has 4 atom stereocenters. The number of carbonyl (C=O) groups is 2. The van der Waals surface area contributed by atoms with Crippen molar-refractivity contribution in [2.24, 2.45) is 11.8 Å². The summed E-state index contributed by atoms with van der Waals surface area (Å²) in [4.78, 5) is 37.6. The van der Waals surface area contributed by atoms with Gasteiger partial charge in [0, 0.05) is 31.8 Å². The van der Waals surface area contributed by atoms with Gasteiger partial charge in [-0.15, -0.1) is 0 Å². The van der Waals surface area contributed by atoms with E-state index in [0.29, 0.717) is 15.9 Å². The van der Waals surface area contributed by atoms with E-state index in [1.54, 1.807) is 12.4 Å². The van der Waals surface area contributed by atoms with Gasteiger partial charge in [0.05, 0.1) is 10.4 Å². The Kier molecular flexibility index (Phi) is 6.88. The summed E-state index contributed by atoms with van der Waals surface area (Å²) in [6, 6.07) is 0. The van der Waals surface area contributed by atoms with Crippen molar-refractivity contribution in [3.05, 3.63) is 47.5 Å². The molecule has 6 rings (SSSR count). The van der Waals surface area contributed by atoms with Crippen LogP contribution in [0.25, 0.3) is 0 Å². The summed E-state index contributed by atoms with van der Waals surface area (Å²) in [5.74, 6) is -1.32. The maximum absolute atomic E-state index is 12.1. The Balaban J connectivity index is 0.000000132. The quantitative estimate of drug-likeness (QED) is 0.518. The minimum absolute atomic E-state index is 0.177. The first kappa shape index (κ1) is 25.5. The molecule has 0 unspecified atom stereocenters. The number of hydrogen-bond acceptors (Lipinski definition) is 8. The lowest BCUT2D eigenvalue weighted by molar-refractivity contribution is -0.794. The fraction of sp³-hybridized carbons (Fsp3) is 0.524. The molecule has 9 nitrogen and oxygen atoms in total. The highest BCUT2D eigenvalue weighted by Crippen LogP contribution is 2.58. The highest BCUT2D eigenvalue weighted by Gasteiger charge is 2.73. The number of likely N-dealkylation sites (N-methyl/N-ethyl adjacent to an activating group) is 1. The molecule has 4 heterocycles. The Morgan fingerprint density at radius 3 is 1.83 bits per heavy atom. The molecule has 0 bridgehead atoms. The number of halogens is 4. The van der Waals surface area contributed by atoms with Gasteiger partial charge in [-0.2, -0.15) is 13.2 Å². The van der Waals surface area contributed by atoms with Gasteiger partial charge in [-0.3, -0.25) is 9.59 Å². The molecule has 2 aliphatic heterocycles. The largest absolute Gasteiger partial charge is 0.600 e. The molecule has 2 aromatic rings. The van der Waals surface area contributed by atoms with Gasteiger partial charge >= 0.3 is 24.8 Å². The molecule has 0 aromatic carbocycles. The minimum atomic E-state index is -4.07. The molecular weight excluding hydrogens is 534 g/mol. The van der Waals surface area contributed by atoms with Gasteiger partial charge < -0.3 is 13.7 Å². The molecule has 0 amide bonds. The highest BCUT2D eigenvalue weighted by atomic mass is 79.9. The lowest BCUT2D eigenvalue weighted by atomic mass is 9.61. The van der Waals surface area contributed by atoms with Crippen LogP contribution in [0.3, 0.4) is 0 Å². The first-order chi connectivity index (χ1) is 16.4. The summed E-state index contributed by atoms with van der Waals surface area (Å²) < 4.78 is 48.4. The van der Waals surface area contributed by atoms with Gasteiger partial charge in [-0.1, -0.05) is 19.3 Å². The summed E-state index contributed by atoms with van der Waals surface area (Å²) in [7, 11) is 1.89. The van der Waals surface area contributed by atoms with Crippen molar-refractivity contribution in [2.75, 3.05) is 20.1 Å². The van der Waals surface area contributed by atoms with E-state index in [1.165, 1.54) is 25.0 Å². The summed E-state index contributed by atoms with van der Waals surface area (Å²) in [5.41, 5.74) is 0.588. The predicted molar refractivity (Wildman–Crippen MR) is 120 cm³/mol. The van der Waals surface area contributed by atoms with E-state index >= 15 is 0 Å². The van der Waals surface area contributed by atoms with Crippen molar-refractivity contribution in [2.45, 2.75) is 37.7 Å². The van der Waals surface area contributed by atoms with Gasteiger partial charge in [0.1, 0.15) is 25.7 Å². The Morgan fingerprint density at radius 1 is 0.971 bits per heavy atom. The number of rotatable bonds is 2. The first-order valence-electron chi connectivity index (χ1n) is 11.1. The second-order valence-electron chi connectivity index (χ2n) is 9.60. The van der Waals surface area contributed by atoms with Gasteiger partial charge in [-0.05, 0) is 39.6 Å². The summed E-state index contributed by atoms with van der Waals surface area (Å²) in [6.45, 7) is 0.913. The maximum Gasteiger partial charge on any atom is 0.587 e. The molecule has 35 heavy (non-hydrogen) atoms. The second-order valence-corrected chi connectivity index (χ2v) is 10.5. The number of nitrogens with zero attached hydrogens (tertiary/aromatic N) is 5. The fourth-order valence-electron chi connectivity index (χ4n) is 4.91. The number of aromatic nitrogens is 4. The summed E-state index contributed by atoms with van der Waals surface area (Å²) >= 11 is 3.19. The van der Waals surface area contributed by atoms with Crippen LogP contribution < -0.4 is 0 Å². The van der Waals surface area contributed by atoms with Crippen LogP contribution in [0, 0.1) is 11.8 Å². The van der Waals surface area contributed by atoms with Crippen LogP contribution in [0.1, 0.15) is 31.2 Å². The van der Waals surface area contributed by atoms with E-state index in [-0.39, 0.29) is 37.3 Å². The molecule has 2 saturated carbocycles. The van der Waals surface area contributed by atoms with Crippen molar-refractivity contribution < 1.29 is 36.5 Å². The molecule has 2 saturated heterocycles.